The first-order valence-corrected chi connectivity index (χ1v) is 6.64. The fraction of sp³-hybridized carbons (Fsp3) is 0.143. The highest BCUT2D eigenvalue weighted by Gasteiger charge is 2.06. The molecule has 1 heterocycles. The van der Waals surface area contributed by atoms with E-state index < -0.39 is 0 Å². The zero-order chi connectivity index (χ0) is 13.7. The number of rotatable bonds is 4. The van der Waals surface area contributed by atoms with Crippen LogP contribution in [0.25, 0.3) is 0 Å². The Balaban J connectivity index is 2.06. The second-order valence-electron chi connectivity index (χ2n) is 3.78. The molecule has 0 saturated carbocycles. The standard InChI is InChI=1S/C14H13BrN2O2/c1-2-19-12-5-3-11(4-6-12)17-14(18)10-7-8-16-13(15)9-10/h3-9H,2H2,1H3,(H,17,18). The van der Waals surface area contributed by atoms with Crippen molar-refractivity contribution in [1.82, 2.24) is 4.98 Å². The van der Waals surface area contributed by atoms with Gasteiger partial charge in [-0.3, -0.25) is 4.79 Å². The number of halogens is 1. The van der Waals surface area contributed by atoms with Crippen LogP contribution in [0.2, 0.25) is 0 Å². The summed E-state index contributed by atoms with van der Waals surface area (Å²) in [6.07, 6.45) is 1.58. The molecule has 0 radical (unpaired) electrons. The highest BCUT2D eigenvalue weighted by molar-refractivity contribution is 9.10. The Bertz CT molecular complexity index is 570. The number of nitrogens with one attached hydrogen (secondary N) is 1. The number of ether oxygens (including phenoxy) is 1. The maximum Gasteiger partial charge on any atom is 0.255 e. The van der Waals surface area contributed by atoms with Crippen molar-refractivity contribution in [2.24, 2.45) is 0 Å². The van der Waals surface area contributed by atoms with Gasteiger partial charge in [0.15, 0.2) is 0 Å². The number of benzene rings is 1. The van der Waals surface area contributed by atoms with E-state index in [0.717, 1.165) is 11.4 Å². The van der Waals surface area contributed by atoms with Crippen molar-refractivity contribution >= 4 is 27.5 Å². The van der Waals surface area contributed by atoms with Gasteiger partial charge >= 0.3 is 0 Å². The van der Waals surface area contributed by atoms with E-state index in [9.17, 15) is 4.79 Å². The number of anilines is 1. The number of amides is 1. The van der Waals surface area contributed by atoms with Gasteiger partial charge in [-0.25, -0.2) is 4.98 Å². The maximum absolute atomic E-state index is 12.0. The van der Waals surface area contributed by atoms with Crippen molar-refractivity contribution in [3.8, 4) is 5.75 Å². The van der Waals surface area contributed by atoms with Crippen LogP contribution in [-0.2, 0) is 0 Å². The quantitative estimate of drug-likeness (QED) is 0.877. The van der Waals surface area contributed by atoms with Crippen molar-refractivity contribution in [3.63, 3.8) is 0 Å². The lowest BCUT2D eigenvalue weighted by molar-refractivity contribution is 0.102. The summed E-state index contributed by atoms with van der Waals surface area (Å²) in [4.78, 5) is 16.0. The Kier molecular flexibility index (Phi) is 4.52. The minimum atomic E-state index is -0.174. The zero-order valence-electron chi connectivity index (χ0n) is 10.4. The normalized spacial score (nSPS) is 10.0. The van der Waals surface area contributed by atoms with Crippen LogP contribution in [-0.4, -0.2) is 17.5 Å². The SMILES string of the molecule is CCOc1ccc(NC(=O)c2ccnc(Br)c2)cc1. The van der Waals surface area contributed by atoms with Crippen LogP contribution in [0.4, 0.5) is 5.69 Å². The Morgan fingerprint density at radius 1 is 1.32 bits per heavy atom. The Morgan fingerprint density at radius 2 is 2.05 bits per heavy atom. The number of hydrogen-bond acceptors (Lipinski definition) is 3. The summed E-state index contributed by atoms with van der Waals surface area (Å²) >= 11 is 3.24. The average Bonchev–Trinajstić information content (AvgIpc) is 2.41. The lowest BCUT2D eigenvalue weighted by Crippen LogP contribution is -2.11. The van der Waals surface area contributed by atoms with Crippen LogP contribution < -0.4 is 10.1 Å². The lowest BCUT2D eigenvalue weighted by Gasteiger charge is -2.07. The van der Waals surface area contributed by atoms with E-state index in [4.69, 9.17) is 4.74 Å². The van der Waals surface area contributed by atoms with Gasteiger partial charge in [0.25, 0.3) is 5.91 Å². The van der Waals surface area contributed by atoms with Crippen LogP contribution in [0, 0.1) is 0 Å². The second-order valence-corrected chi connectivity index (χ2v) is 4.59. The van der Waals surface area contributed by atoms with E-state index >= 15 is 0 Å². The van der Waals surface area contributed by atoms with Gasteiger partial charge in [-0.2, -0.15) is 0 Å². The van der Waals surface area contributed by atoms with Crippen LogP contribution >= 0.6 is 15.9 Å². The number of hydrogen-bond donors (Lipinski definition) is 1. The molecule has 0 aliphatic heterocycles. The highest BCUT2D eigenvalue weighted by atomic mass is 79.9. The molecule has 0 aliphatic rings. The van der Waals surface area contributed by atoms with Crippen LogP contribution in [0.1, 0.15) is 17.3 Å². The van der Waals surface area contributed by atoms with E-state index in [0.29, 0.717) is 16.8 Å². The zero-order valence-corrected chi connectivity index (χ0v) is 12.0. The van der Waals surface area contributed by atoms with Gasteiger partial charge in [0.2, 0.25) is 0 Å². The first-order valence-electron chi connectivity index (χ1n) is 5.85. The molecule has 0 unspecified atom stereocenters. The molecule has 0 fully saturated rings. The number of nitrogens with zero attached hydrogens (tertiary/aromatic N) is 1. The molecule has 1 N–H and O–H groups in total. The molecular formula is C14H13BrN2O2. The Hall–Kier alpha value is -1.88. The summed E-state index contributed by atoms with van der Waals surface area (Å²) in [7, 11) is 0. The maximum atomic E-state index is 12.0. The van der Waals surface area contributed by atoms with Crippen molar-refractivity contribution in [2.75, 3.05) is 11.9 Å². The van der Waals surface area contributed by atoms with Crippen molar-refractivity contribution < 1.29 is 9.53 Å². The van der Waals surface area contributed by atoms with Crippen LogP contribution in [0.15, 0.2) is 47.2 Å². The van der Waals surface area contributed by atoms with E-state index in [1.165, 1.54) is 0 Å². The summed E-state index contributed by atoms with van der Waals surface area (Å²) in [6, 6.07) is 10.6. The van der Waals surface area contributed by atoms with Crippen LogP contribution in [0.5, 0.6) is 5.75 Å². The molecule has 2 aromatic rings. The molecule has 0 aliphatic carbocycles. The number of carbonyl (C=O) groups is 1. The summed E-state index contributed by atoms with van der Waals surface area (Å²) < 4.78 is 5.97. The molecule has 5 heteroatoms. The fourth-order valence-electron chi connectivity index (χ4n) is 1.55. The Morgan fingerprint density at radius 3 is 2.68 bits per heavy atom. The van der Waals surface area contributed by atoms with Crippen molar-refractivity contribution in [1.29, 1.82) is 0 Å². The van der Waals surface area contributed by atoms with Crippen molar-refractivity contribution in [3.05, 3.63) is 52.8 Å². The molecule has 2 rings (SSSR count). The minimum Gasteiger partial charge on any atom is -0.494 e. The molecule has 0 atom stereocenters. The minimum absolute atomic E-state index is 0.174. The number of carbonyl (C=O) groups excluding carboxylic acids is 1. The lowest BCUT2D eigenvalue weighted by atomic mass is 10.2. The average molecular weight is 321 g/mol. The summed E-state index contributed by atoms with van der Waals surface area (Å²) in [5, 5.41) is 2.81. The highest BCUT2D eigenvalue weighted by Crippen LogP contribution is 2.17. The van der Waals surface area contributed by atoms with Crippen molar-refractivity contribution in [2.45, 2.75) is 6.92 Å². The molecule has 1 amide bonds. The van der Waals surface area contributed by atoms with Crippen LogP contribution in [0.3, 0.4) is 0 Å². The third kappa shape index (κ3) is 3.79. The molecule has 0 bridgehead atoms. The molecular weight excluding hydrogens is 308 g/mol. The van der Waals surface area contributed by atoms with Gasteiger partial charge in [0.1, 0.15) is 10.4 Å². The van der Waals surface area contributed by atoms with Gasteiger partial charge in [0.05, 0.1) is 6.61 Å². The first kappa shape index (κ1) is 13.5. The molecule has 1 aromatic heterocycles. The molecule has 0 saturated heterocycles. The van der Waals surface area contributed by atoms with Gasteiger partial charge in [-0.05, 0) is 59.3 Å². The predicted molar refractivity (Wildman–Crippen MR) is 77.5 cm³/mol. The monoisotopic (exact) mass is 320 g/mol. The van der Waals surface area contributed by atoms with E-state index in [1.807, 2.05) is 19.1 Å². The van der Waals surface area contributed by atoms with Gasteiger partial charge in [0, 0.05) is 17.4 Å². The summed E-state index contributed by atoms with van der Waals surface area (Å²) in [6.45, 7) is 2.55. The third-order valence-corrected chi connectivity index (χ3v) is 2.85. The van der Waals surface area contributed by atoms with Gasteiger partial charge < -0.3 is 10.1 Å². The molecule has 19 heavy (non-hydrogen) atoms. The van der Waals surface area contributed by atoms with Gasteiger partial charge in [-0.1, -0.05) is 0 Å². The molecule has 0 spiro atoms. The van der Waals surface area contributed by atoms with E-state index in [1.54, 1.807) is 30.5 Å². The summed E-state index contributed by atoms with van der Waals surface area (Å²) in [5.74, 6) is 0.611. The fourth-order valence-corrected chi connectivity index (χ4v) is 1.91. The first-order chi connectivity index (χ1) is 9.19. The summed E-state index contributed by atoms with van der Waals surface area (Å²) in [5.41, 5.74) is 1.28. The Labute approximate surface area is 119 Å². The number of pyridine rings is 1. The van der Waals surface area contributed by atoms with E-state index in [-0.39, 0.29) is 5.91 Å². The molecule has 4 nitrogen and oxygen atoms in total. The number of aromatic nitrogens is 1. The largest absolute Gasteiger partial charge is 0.494 e. The smallest absolute Gasteiger partial charge is 0.255 e. The predicted octanol–water partition coefficient (Wildman–Crippen LogP) is 3.50. The third-order valence-electron chi connectivity index (χ3n) is 2.41. The topological polar surface area (TPSA) is 51.2 Å². The van der Waals surface area contributed by atoms with E-state index in [2.05, 4.69) is 26.2 Å². The molecule has 1 aromatic carbocycles. The second kappa shape index (κ2) is 6.33. The van der Waals surface area contributed by atoms with Gasteiger partial charge in [-0.15, -0.1) is 0 Å². The molecule has 98 valence electrons.